The second kappa shape index (κ2) is 10.1. The SMILES string of the molecule is C1=Cc2ccc(Oc3c4ccccc4c(-c4ccccc4)c4cnccc34)cc2N(c2ccccc2)c2ccccc21. The highest BCUT2D eigenvalue weighted by atomic mass is 16.5. The van der Waals surface area contributed by atoms with E-state index in [0.29, 0.717) is 0 Å². The topological polar surface area (TPSA) is 25.4 Å². The summed E-state index contributed by atoms with van der Waals surface area (Å²) in [6, 6.07) is 46.5. The zero-order chi connectivity index (χ0) is 27.9. The van der Waals surface area contributed by atoms with E-state index in [-0.39, 0.29) is 0 Å². The summed E-state index contributed by atoms with van der Waals surface area (Å²) in [6.07, 6.45) is 8.17. The largest absolute Gasteiger partial charge is 0.456 e. The lowest BCUT2D eigenvalue weighted by molar-refractivity contribution is 0.494. The van der Waals surface area contributed by atoms with Gasteiger partial charge in [-0.2, -0.15) is 0 Å². The van der Waals surface area contributed by atoms with Gasteiger partial charge in [0.05, 0.1) is 11.4 Å². The van der Waals surface area contributed by atoms with Gasteiger partial charge < -0.3 is 9.64 Å². The summed E-state index contributed by atoms with van der Waals surface area (Å²) in [5, 5.41) is 4.30. The maximum Gasteiger partial charge on any atom is 0.143 e. The van der Waals surface area contributed by atoms with E-state index in [1.807, 2.05) is 18.5 Å². The Morgan fingerprint density at radius 1 is 0.524 bits per heavy atom. The lowest BCUT2D eigenvalue weighted by Crippen LogP contribution is -2.11. The fourth-order valence-corrected chi connectivity index (χ4v) is 6.04. The van der Waals surface area contributed by atoms with Gasteiger partial charge in [0.15, 0.2) is 0 Å². The third-order valence-corrected chi connectivity index (χ3v) is 7.94. The number of anilines is 3. The molecule has 3 heteroatoms. The highest BCUT2D eigenvalue weighted by Crippen LogP contribution is 2.47. The average molecular weight is 539 g/mol. The van der Waals surface area contributed by atoms with Crippen molar-refractivity contribution >= 4 is 50.8 Å². The van der Waals surface area contributed by atoms with Gasteiger partial charge in [0.25, 0.3) is 0 Å². The number of hydrogen-bond donors (Lipinski definition) is 0. The molecule has 0 bridgehead atoms. The molecule has 1 aliphatic heterocycles. The molecule has 6 aromatic carbocycles. The molecule has 2 heterocycles. The van der Waals surface area contributed by atoms with Crippen LogP contribution in [0.25, 0.3) is 44.8 Å². The normalized spacial score (nSPS) is 12.1. The van der Waals surface area contributed by atoms with Crippen LogP contribution in [-0.2, 0) is 0 Å². The van der Waals surface area contributed by atoms with Crippen LogP contribution in [0.2, 0.25) is 0 Å². The van der Waals surface area contributed by atoms with Crippen molar-refractivity contribution in [3.05, 3.63) is 157 Å². The lowest BCUT2D eigenvalue weighted by Gasteiger charge is -2.27. The molecular weight excluding hydrogens is 512 g/mol. The first-order chi connectivity index (χ1) is 20.8. The Balaban J connectivity index is 1.33. The van der Waals surface area contributed by atoms with Crippen LogP contribution in [0.1, 0.15) is 11.1 Å². The summed E-state index contributed by atoms with van der Waals surface area (Å²) in [4.78, 5) is 6.83. The Bertz CT molecular complexity index is 2060. The van der Waals surface area contributed by atoms with Crippen molar-refractivity contribution in [2.75, 3.05) is 4.90 Å². The van der Waals surface area contributed by atoms with Crippen LogP contribution in [0.15, 0.2) is 146 Å². The third-order valence-electron chi connectivity index (χ3n) is 7.94. The molecule has 0 fully saturated rings. The zero-order valence-corrected chi connectivity index (χ0v) is 22.8. The maximum atomic E-state index is 6.90. The highest BCUT2D eigenvalue weighted by Gasteiger charge is 2.22. The number of fused-ring (bicyclic) bond motifs is 4. The van der Waals surface area contributed by atoms with Gasteiger partial charge in [0.2, 0.25) is 0 Å². The van der Waals surface area contributed by atoms with Crippen LogP contribution < -0.4 is 9.64 Å². The molecule has 0 saturated carbocycles. The van der Waals surface area contributed by atoms with Crippen molar-refractivity contribution in [1.29, 1.82) is 0 Å². The van der Waals surface area contributed by atoms with Crippen LogP contribution in [0, 0.1) is 0 Å². The van der Waals surface area contributed by atoms with Crippen LogP contribution in [0.5, 0.6) is 11.5 Å². The number of rotatable bonds is 4. The number of nitrogens with zero attached hydrogens (tertiary/aromatic N) is 2. The number of para-hydroxylation sites is 2. The van der Waals surface area contributed by atoms with Crippen molar-refractivity contribution in [2.24, 2.45) is 0 Å². The molecule has 198 valence electrons. The molecule has 3 nitrogen and oxygen atoms in total. The first kappa shape index (κ1) is 24.2. The fourth-order valence-electron chi connectivity index (χ4n) is 6.04. The van der Waals surface area contributed by atoms with Gasteiger partial charge in [0.1, 0.15) is 11.5 Å². The van der Waals surface area contributed by atoms with Crippen molar-refractivity contribution in [2.45, 2.75) is 0 Å². The summed E-state index contributed by atoms with van der Waals surface area (Å²) in [7, 11) is 0. The van der Waals surface area contributed by atoms with Crippen molar-refractivity contribution in [3.8, 4) is 22.6 Å². The minimum absolute atomic E-state index is 0.776. The maximum absolute atomic E-state index is 6.90. The van der Waals surface area contributed by atoms with Crippen molar-refractivity contribution in [1.82, 2.24) is 4.98 Å². The molecule has 1 aromatic heterocycles. The standard InChI is InChI=1S/C39H26N2O/c1-3-12-29(13-4-1)38-32-16-8-9-17-33(32)39(34-23-24-40-26-35(34)38)42-31-22-21-28-20-19-27-11-7-10-18-36(27)41(37(28)25-31)30-14-5-2-6-15-30/h1-26H. The molecule has 7 aromatic rings. The molecule has 42 heavy (non-hydrogen) atoms. The molecule has 8 rings (SSSR count). The van der Waals surface area contributed by atoms with Gasteiger partial charge in [-0.15, -0.1) is 0 Å². The Hall–Kier alpha value is -5.67. The van der Waals surface area contributed by atoms with Crippen LogP contribution >= 0.6 is 0 Å². The van der Waals surface area contributed by atoms with Gasteiger partial charge in [-0.1, -0.05) is 103 Å². The Morgan fingerprint density at radius 3 is 2.02 bits per heavy atom. The molecule has 0 N–H and O–H groups in total. The first-order valence-corrected chi connectivity index (χ1v) is 14.1. The van der Waals surface area contributed by atoms with E-state index >= 15 is 0 Å². The van der Waals surface area contributed by atoms with Crippen molar-refractivity contribution in [3.63, 3.8) is 0 Å². The Labute approximate surface area is 244 Å². The first-order valence-electron chi connectivity index (χ1n) is 14.1. The predicted octanol–water partition coefficient (Wildman–Crippen LogP) is 10.8. The lowest BCUT2D eigenvalue weighted by atomic mass is 9.92. The van der Waals surface area contributed by atoms with E-state index in [0.717, 1.165) is 61.2 Å². The molecule has 0 saturated heterocycles. The van der Waals surface area contributed by atoms with E-state index < -0.39 is 0 Å². The number of pyridine rings is 1. The minimum atomic E-state index is 0.776. The minimum Gasteiger partial charge on any atom is -0.456 e. The smallest absolute Gasteiger partial charge is 0.143 e. The second-order valence-corrected chi connectivity index (χ2v) is 10.4. The number of benzene rings is 6. The van der Waals surface area contributed by atoms with Gasteiger partial charge in [-0.05, 0) is 64.0 Å². The number of hydrogen-bond acceptors (Lipinski definition) is 3. The van der Waals surface area contributed by atoms with Crippen LogP contribution in [0.3, 0.4) is 0 Å². The summed E-state index contributed by atoms with van der Waals surface area (Å²) in [6.45, 7) is 0. The molecule has 1 aliphatic rings. The number of ether oxygens (including phenoxy) is 1. The van der Waals surface area contributed by atoms with E-state index in [9.17, 15) is 0 Å². The van der Waals surface area contributed by atoms with Crippen molar-refractivity contribution < 1.29 is 4.74 Å². The monoisotopic (exact) mass is 538 g/mol. The summed E-state index contributed by atoms with van der Waals surface area (Å²) < 4.78 is 6.90. The Morgan fingerprint density at radius 2 is 1.19 bits per heavy atom. The van der Waals surface area contributed by atoms with Gasteiger partial charge >= 0.3 is 0 Å². The number of aromatic nitrogens is 1. The molecule has 0 spiro atoms. The van der Waals surface area contributed by atoms with E-state index in [1.54, 1.807) is 0 Å². The summed E-state index contributed by atoms with van der Waals surface area (Å²) in [5.41, 5.74) is 7.91. The van der Waals surface area contributed by atoms with E-state index in [4.69, 9.17) is 4.74 Å². The summed E-state index contributed by atoms with van der Waals surface area (Å²) >= 11 is 0. The van der Waals surface area contributed by atoms with E-state index in [2.05, 4.69) is 149 Å². The summed E-state index contributed by atoms with van der Waals surface area (Å²) in [5.74, 6) is 1.61. The molecule has 0 amide bonds. The fraction of sp³-hybridized carbons (Fsp3) is 0. The molecule has 0 aliphatic carbocycles. The molecular formula is C39H26N2O. The quantitative estimate of drug-likeness (QED) is 0.208. The van der Waals surface area contributed by atoms with Gasteiger partial charge in [-0.25, -0.2) is 0 Å². The molecule has 0 atom stereocenters. The third kappa shape index (κ3) is 4.03. The highest BCUT2D eigenvalue weighted by molar-refractivity contribution is 6.16. The van der Waals surface area contributed by atoms with E-state index in [1.165, 1.54) is 11.1 Å². The zero-order valence-electron chi connectivity index (χ0n) is 22.8. The second-order valence-electron chi connectivity index (χ2n) is 10.4. The molecule has 0 radical (unpaired) electrons. The molecule has 0 unspecified atom stereocenters. The van der Waals surface area contributed by atoms with Gasteiger partial charge in [0, 0.05) is 40.3 Å². The predicted molar refractivity (Wildman–Crippen MR) is 175 cm³/mol. The van der Waals surface area contributed by atoms with Crippen LogP contribution in [-0.4, -0.2) is 4.98 Å². The van der Waals surface area contributed by atoms with Crippen LogP contribution in [0.4, 0.5) is 17.1 Å². The van der Waals surface area contributed by atoms with Gasteiger partial charge in [-0.3, -0.25) is 4.98 Å². The average Bonchev–Trinajstić information content (AvgIpc) is 3.22. The Kier molecular flexibility index (Phi) is 5.79.